The molecule has 0 bridgehead atoms. The van der Waals surface area contributed by atoms with E-state index in [1.807, 2.05) is 6.20 Å². The second-order valence-corrected chi connectivity index (χ2v) is 8.59. The zero-order chi connectivity index (χ0) is 18.1. The average Bonchev–Trinajstić information content (AvgIpc) is 2.78. The minimum Gasteiger partial charge on any atom is -0.313 e. The van der Waals surface area contributed by atoms with Crippen LogP contribution in [0.25, 0.3) is 0 Å². The number of nitrogens with one attached hydrogen (secondary N) is 1. The Labute approximate surface area is 164 Å². The van der Waals surface area contributed by atoms with Crippen molar-refractivity contribution < 1.29 is 0 Å². The summed E-state index contributed by atoms with van der Waals surface area (Å²) in [7, 11) is 0. The maximum absolute atomic E-state index is 9.13. The molecule has 26 heavy (non-hydrogen) atoms. The van der Waals surface area contributed by atoms with E-state index < -0.39 is 0 Å². The topological polar surface area (TPSA) is 48.7 Å². The van der Waals surface area contributed by atoms with Crippen LogP contribution in [0, 0.1) is 24.2 Å². The van der Waals surface area contributed by atoms with Crippen LogP contribution in [-0.2, 0) is 12.8 Å². The van der Waals surface area contributed by atoms with E-state index in [2.05, 4.69) is 58.5 Å². The second-order valence-electron chi connectivity index (χ2n) is 7.68. The Balaban J connectivity index is 1.80. The molecule has 1 aliphatic heterocycles. The number of aromatic nitrogens is 1. The van der Waals surface area contributed by atoms with Crippen molar-refractivity contribution in [2.24, 2.45) is 5.92 Å². The number of hydrogen-bond acceptors (Lipinski definition) is 3. The number of hydrogen-bond donors (Lipinski definition) is 1. The van der Waals surface area contributed by atoms with Crippen LogP contribution in [0.3, 0.4) is 0 Å². The van der Waals surface area contributed by atoms with Crippen molar-refractivity contribution in [3.8, 4) is 6.07 Å². The molecule has 3 unspecified atom stereocenters. The molecule has 1 aromatic heterocycles. The van der Waals surface area contributed by atoms with Gasteiger partial charge in [0.25, 0.3) is 0 Å². The number of aryl methyl sites for hydroxylation is 3. The van der Waals surface area contributed by atoms with E-state index in [1.54, 1.807) is 0 Å². The monoisotopic (exact) mass is 409 g/mol. The summed E-state index contributed by atoms with van der Waals surface area (Å²) in [5, 5.41) is 12.6. The van der Waals surface area contributed by atoms with Crippen molar-refractivity contribution >= 4 is 15.9 Å². The smallest absolute Gasteiger partial charge is 0.0638 e. The van der Waals surface area contributed by atoms with Gasteiger partial charge in [-0.1, -0.05) is 23.8 Å². The first-order chi connectivity index (χ1) is 12.7. The van der Waals surface area contributed by atoms with Gasteiger partial charge in [0, 0.05) is 22.6 Å². The van der Waals surface area contributed by atoms with Crippen molar-refractivity contribution in [3.63, 3.8) is 0 Å². The lowest BCUT2D eigenvalue weighted by Crippen LogP contribution is -2.40. The quantitative estimate of drug-likeness (QED) is 0.783. The molecule has 0 amide bonds. The Morgan fingerprint density at radius 1 is 1.27 bits per heavy atom. The molecule has 2 heterocycles. The molecule has 2 aliphatic rings. The summed E-state index contributed by atoms with van der Waals surface area (Å²) in [6.07, 6.45) is 6.83. The zero-order valence-corrected chi connectivity index (χ0v) is 16.7. The number of halogens is 1. The fraction of sp³-hybridized carbons (Fsp3) is 0.455. The first-order valence-electron chi connectivity index (χ1n) is 9.50. The lowest BCUT2D eigenvalue weighted by atomic mass is 9.74. The molecular formula is C22H24BrN3. The van der Waals surface area contributed by atoms with Crippen LogP contribution in [0.1, 0.15) is 53.1 Å². The van der Waals surface area contributed by atoms with Crippen LogP contribution in [0.15, 0.2) is 34.9 Å². The third-order valence-corrected chi connectivity index (χ3v) is 6.34. The first-order valence-corrected chi connectivity index (χ1v) is 10.3. The predicted molar refractivity (Wildman–Crippen MR) is 107 cm³/mol. The molecule has 1 aliphatic carbocycles. The summed E-state index contributed by atoms with van der Waals surface area (Å²) in [6, 6.07) is 11.8. The van der Waals surface area contributed by atoms with Gasteiger partial charge in [-0.25, -0.2) is 0 Å². The Morgan fingerprint density at radius 3 is 2.96 bits per heavy atom. The molecule has 4 rings (SSSR count). The Kier molecular flexibility index (Phi) is 5.11. The molecule has 1 aromatic carbocycles. The molecule has 0 radical (unpaired) electrons. The highest BCUT2D eigenvalue weighted by Gasteiger charge is 2.34. The van der Waals surface area contributed by atoms with E-state index in [0.717, 1.165) is 36.7 Å². The standard InChI is InChI=1S/C22H24BrN3/c1-14-2-5-20-15(10-14)3-4-17-11-18(23)13-26-22(17)21(20)16-7-9-25-19(12-16)6-8-24/h2,5,10-11,13,16,19,21,25H,3-4,6-7,9,12H2,1H3. The number of piperidine rings is 1. The summed E-state index contributed by atoms with van der Waals surface area (Å²) >= 11 is 3.60. The van der Waals surface area contributed by atoms with Gasteiger partial charge in [0.05, 0.1) is 18.2 Å². The Bertz CT molecular complexity index is 801. The van der Waals surface area contributed by atoms with Gasteiger partial charge < -0.3 is 5.32 Å². The van der Waals surface area contributed by atoms with E-state index in [1.165, 1.54) is 27.9 Å². The Morgan fingerprint density at radius 2 is 2.12 bits per heavy atom. The fourth-order valence-corrected chi connectivity index (χ4v) is 5.11. The molecule has 1 fully saturated rings. The third kappa shape index (κ3) is 3.43. The molecule has 0 saturated carbocycles. The summed E-state index contributed by atoms with van der Waals surface area (Å²) in [6.45, 7) is 3.16. The molecule has 3 atom stereocenters. The van der Waals surface area contributed by atoms with Crippen LogP contribution >= 0.6 is 15.9 Å². The van der Waals surface area contributed by atoms with E-state index in [-0.39, 0.29) is 0 Å². The van der Waals surface area contributed by atoms with Crippen molar-refractivity contribution in [2.75, 3.05) is 6.54 Å². The van der Waals surface area contributed by atoms with Crippen LogP contribution in [0.2, 0.25) is 0 Å². The number of nitrogens with zero attached hydrogens (tertiary/aromatic N) is 2. The van der Waals surface area contributed by atoms with Crippen LogP contribution in [0.5, 0.6) is 0 Å². The van der Waals surface area contributed by atoms with E-state index in [9.17, 15) is 0 Å². The lowest BCUT2D eigenvalue weighted by Gasteiger charge is -2.35. The summed E-state index contributed by atoms with van der Waals surface area (Å²) in [4.78, 5) is 4.90. The van der Waals surface area contributed by atoms with Crippen molar-refractivity contribution in [1.29, 1.82) is 5.26 Å². The summed E-state index contributed by atoms with van der Waals surface area (Å²) in [5.41, 5.74) is 6.87. The molecular weight excluding hydrogens is 386 g/mol. The van der Waals surface area contributed by atoms with Crippen LogP contribution in [-0.4, -0.2) is 17.6 Å². The summed E-state index contributed by atoms with van der Waals surface area (Å²) < 4.78 is 1.06. The maximum atomic E-state index is 9.13. The van der Waals surface area contributed by atoms with E-state index >= 15 is 0 Å². The molecule has 3 nitrogen and oxygen atoms in total. The lowest BCUT2D eigenvalue weighted by molar-refractivity contribution is 0.279. The largest absolute Gasteiger partial charge is 0.313 e. The van der Waals surface area contributed by atoms with E-state index in [4.69, 9.17) is 10.2 Å². The minimum absolute atomic E-state index is 0.301. The first kappa shape index (κ1) is 17.7. The number of rotatable bonds is 2. The van der Waals surface area contributed by atoms with Gasteiger partial charge in [-0.3, -0.25) is 4.98 Å². The highest BCUT2D eigenvalue weighted by Crippen LogP contribution is 2.43. The highest BCUT2D eigenvalue weighted by molar-refractivity contribution is 9.10. The molecule has 1 N–H and O–H groups in total. The van der Waals surface area contributed by atoms with Gasteiger partial charge in [0.2, 0.25) is 0 Å². The van der Waals surface area contributed by atoms with Gasteiger partial charge in [-0.15, -0.1) is 0 Å². The van der Waals surface area contributed by atoms with Gasteiger partial charge in [0.1, 0.15) is 0 Å². The SMILES string of the molecule is Cc1ccc2c(c1)CCc1cc(Br)cnc1C2C1CCNC(CC#N)C1. The second kappa shape index (κ2) is 7.50. The number of nitriles is 1. The number of fused-ring (bicyclic) bond motifs is 2. The number of pyridine rings is 1. The predicted octanol–water partition coefficient (Wildman–Crippen LogP) is 4.66. The van der Waals surface area contributed by atoms with Crippen molar-refractivity contribution in [3.05, 3.63) is 62.9 Å². The van der Waals surface area contributed by atoms with Crippen LogP contribution < -0.4 is 5.32 Å². The normalized spacial score (nSPS) is 24.9. The molecule has 0 spiro atoms. The van der Waals surface area contributed by atoms with Gasteiger partial charge in [-0.05, 0) is 83.8 Å². The average molecular weight is 410 g/mol. The van der Waals surface area contributed by atoms with E-state index in [0.29, 0.717) is 24.3 Å². The van der Waals surface area contributed by atoms with Gasteiger partial charge in [-0.2, -0.15) is 5.26 Å². The van der Waals surface area contributed by atoms with Crippen molar-refractivity contribution in [2.45, 2.75) is 51.0 Å². The van der Waals surface area contributed by atoms with Crippen LogP contribution in [0.4, 0.5) is 0 Å². The molecule has 2 aromatic rings. The maximum Gasteiger partial charge on any atom is 0.0638 e. The third-order valence-electron chi connectivity index (χ3n) is 5.90. The minimum atomic E-state index is 0.301. The molecule has 1 saturated heterocycles. The highest BCUT2D eigenvalue weighted by atomic mass is 79.9. The number of benzene rings is 1. The fourth-order valence-electron chi connectivity index (χ4n) is 4.73. The van der Waals surface area contributed by atoms with Gasteiger partial charge >= 0.3 is 0 Å². The molecule has 4 heteroatoms. The summed E-state index contributed by atoms with van der Waals surface area (Å²) in [5.74, 6) is 0.862. The molecule has 134 valence electrons. The van der Waals surface area contributed by atoms with Crippen molar-refractivity contribution in [1.82, 2.24) is 10.3 Å². The van der Waals surface area contributed by atoms with Gasteiger partial charge in [0.15, 0.2) is 0 Å². The zero-order valence-electron chi connectivity index (χ0n) is 15.1. The Hall–Kier alpha value is -1.70.